The van der Waals surface area contributed by atoms with Gasteiger partial charge in [-0.3, -0.25) is 9.05 Å². The summed E-state index contributed by atoms with van der Waals surface area (Å²) >= 11 is 4.15. The first-order valence-electron chi connectivity index (χ1n) is 4.77. The number of methoxy groups -OCH3 is 1. The highest BCUT2D eigenvalue weighted by atomic mass is 32.1. The molecule has 5 nitrogen and oxygen atoms in total. The van der Waals surface area contributed by atoms with Crippen LogP contribution in [0.4, 0.5) is 0 Å². The number of hydrogen-bond donors (Lipinski definition) is 1. The molecule has 0 bridgehead atoms. The Balaban J connectivity index is 3.06. The van der Waals surface area contributed by atoms with Crippen molar-refractivity contribution in [1.82, 2.24) is 0 Å². The second-order valence-electron chi connectivity index (χ2n) is 3.05. The summed E-state index contributed by atoms with van der Waals surface area (Å²) in [6, 6.07) is 5.22. The van der Waals surface area contributed by atoms with E-state index in [4.69, 9.17) is 18.3 Å². The van der Waals surface area contributed by atoms with Crippen molar-refractivity contribution in [3.8, 4) is 11.5 Å². The number of phosphoric acid groups is 1. The molecule has 0 atom stereocenters. The van der Waals surface area contributed by atoms with Crippen LogP contribution in [0.3, 0.4) is 0 Å². The van der Waals surface area contributed by atoms with Gasteiger partial charge in [0.15, 0.2) is 11.5 Å². The average Bonchev–Trinajstić information content (AvgIpc) is 2.38. The summed E-state index contributed by atoms with van der Waals surface area (Å²) in [4.78, 5) is 0. The summed E-state index contributed by atoms with van der Waals surface area (Å²) in [5, 5.41) is 0. The molecule has 0 radical (unpaired) electrons. The van der Waals surface area contributed by atoms with Crippen LogP contribution in [0.25, 0.3) is 0 Å². The molecule has 1 rings (SSSR count). The predicted octanol–water partition coefficient (Wildman–Crippen LogP) is 2.90. The Bertz CT molecular complexity index is 415. The van der Waals surface area contributed by atoms with Gasteiger partial charge in [-0.05, 0) is 17.7 Å². The first-order chi connectivity index (χ1) is 8.08. The molecule has 0 saturated heterocycles. The number of hydrogen-bond acceptors (Lipinski definition) is 6. The molecule has 1 aromatic rings. The van der Waals surface area contributed by atoms with Crippen molar-refractivity contribution in [2.75, 3.05) is 21.3 Å². The van der Waals surface area contributed by atoms with Gasteiger partial charge in [0.25, 0.3) is 0 Å². The molecule has 0 fully saturated rings. The summed E-state index contributed by atoms with van der Waals surface area (Å²) in [7, 11) is 0.413. The van der Waals surface area contributed by atoms with E-state index in [1.807, 2.05) is 6.07 Å². The molecule has 17 heavy (non-hydrogen) atoms. The van der Waals surface area contributed by atoms with Crippen LogP contribution in [0.5, 0.6) is 11.5 Å². The summed E-state index contributed by atoms with van der Waals surface area (Å²) in [6.45, 7) is 0. The first kappa shape index (κ1) is 14.4. The topological polar surface area (TPSA) is 54.0 Å². The molecular weight excluding hydrogens is 263 g/mol. The zero-order valence-electron chi connectivity index (χ0n) is 9.87. The van der Waals surface area contributed by atoms with Crippen molar-refractivity contribution in [3.63, 3.8) is 0 Å². The molecular formula is C10H15O5PS. The van der Waals surface area contributed by atoms with Gasteiger partial charge in [0.2, 0.25) is 0 Å². The summed E-state index contributed by atoms with van der Waals surface area (Å²) in [5.74, 6) is 1.28. The lowest BCUT2D eigenvalue weighted by Crippen LogP contribution is -1.99. The molecule has 0 N–H and O–H groups in total. The van der Waals surface area contributed by atoms with E-state index in [-0.39, 0.29) is 0 Å². The molecule has 0 saturated carbocycles. The van der Waals surface area contributed by atoms with Crippen molar-refractivity contribution in [1.29, 1.82) is 0 Å². The number of rotatable bonds is 6. The Morgan fingerprint density at radius 1 is 1.18 bits per heavy atom. The molecule has 0 spiro atoms. The minimum Gasteiger partial charge on any atom is -0.493 e. The minimum atomic E-state index is -3.58. The highest BCUT2D eigenvalue weighted by molar-refractivity contribution is 7.79. The summed E-state index contributed by atoms with van der Waals surface area (Å²) in [6.07, 6.45) is 0. The summed E-state index contributed by atoms with van der Waals surface area (Å²) < 4.78 is 31.6. The molecule has 0 aliphatic heterocycles. The maximum Gasteiger partial charge on any atom is 0.529 e. The normalized spacial score (nSPS) is 11.3. The molecule has 0 heterocycles. The SMILES string of the molecule is COc1ccc(CS)cc1OP(=O)(OC)OC. The Kier molecular flexibility index (Phi) is 5.33. The lowest BCUT2D eigenvalue weighted by atomic mass is 10.2. The van der Waals surface area contributed by atoms with E-state index >= 15 is 0 Å². The molecule has 0 amide bonds. The average molecular weight is 278 g/mol. The second-order valence-corrected chi connectivity index (χ2v) is 5.17. The molecule has 0 aromatic heterocycles. The maximum atomic E-state index is 11.8. The fraction of sp³-hybridized carbons (Fsp3) is 0.400. The highest BCUT2D eigenvalue weighted by Gasteiger charge is 2.26. The third kappa shape index (κ3) is 3.64. The largest absolute Gasteiger partial charge is 0.529 e. The molecule has 7 heteroatoms. The van der Waals surface area contributed by atoms with Crippen molar-refractivity contribution < 1.29 is 22.9 Å². The number of phosphoric ester groups is 1. The Morgan fingerprint density at radius 2 is 1.82 bits per heavy atom. The standard InChI is InChI=1S/C10H15O5PS/c1-12-9-5-4-8(7-17)6-10(9)15-16(11,13-2)14-3/h4-6,17H,7H2,1-3H3. The van der Waals surface area contributed by atoms with Gasteiger partial charge in [-0.25, -0.2) is 4.57 Å². The Hall–Kier alpha value is -0.680. The van der Waals surface area contributed by atoms with Gasteiger partial charge in [0.05, 0.1) is 7.11 Å². The van der Waals surface area contributed by atoms with E-state index in [2.05, 4.69) is 12.6 Å². The van der Waals surface area contributed by atoms with Crippen LogP contribution in [-0.4, -0.2) is 21.3 Å². The zero-order valence-corrected chi connectivity index (χ0v) is 11.7. The van der Waals surface area contributed by atoms with Crippen LogP contribution in [0, 0.1) is 0 Å². The fourth-order valence-electron chi connectivity index (χ4n) is 1.16. The van der Waals surface area contributed by atoms with Crippen LogP contribution in [0.15, 0.2) is 18.2 Å². The lowest BCUT2D eigenvalue weighted by molar-refractivity contribution is 0.208. The predicted molar refractivity (Wildman–Crippen MR) is 67.9 cm³/mol. The van der Waals surface area contributed by atoms with Crippen LogP contribution < -0.4 is 9.26 Å². The van der Waals surface area contributed by atoms with E-state index < -0.39 is 7.82 Å². The lowest BCUT2D eigenvalue weighted by Gasteiger charge is -2.16. The third-order valence-electron chi connectivity index (χ3n) is 2.07. The van der Waals surface area contributed by atoms with Gasteiger partial charge in [-0.15, -0.1) is 0 Å². The Morgan fingerprint density at radius 3 is 2.29 bits per heavy atom. The maximum absolute atomic E-state index is 11.8. The number of benzene rings is 1. The molecule has 0 aliphatic rings. The van der Waals surface area contributed by atoms with Crippen molar-refractivity contribution in [3.05, 3.63) is 23.8 Å². The van der Waals surface area contributed by atoms with E-state index in [0.29, 0.717) is 17.3 Å². The zero-order chi connectivity index (χ0) is 12.9. The van der Waals surface area contributed by atoms with Gasteiger partial charge >= 0.3 is 7.82 Å². The summed E-state index contributed by atoms with van der Waals surface area (Å²) in [5.41, 5.74) is 0.905. The number of thiol groups is 1. The van der Waals surface area contributed by atoms with Gasteiger partial charge in [-0.1, -0.05) is 6.07 Å². The van der Waals surface area contributed by atoms with E-state index in [1.54, 1.807) is 12.1 Å². The second kappa shape index (κ2) is 6.31. The molecule has 0 unspecified atom stereocenters. The van der Waals surface area contributed by atoms with E-state index in [1.165, 1.54) is 21.3 Å². The van der Waals surface area contributed by atoms with Gasteiger partial charge in [-0.2, -0.15) is 12.6 Å². The van der Waals surface area contributed by atoms with Gasteiger partial charge in [0, 0.05) is 20.0 Å². The Labute approximate surface area is 106 Å². The van der Waals surface area contributed by atoms with E-state index in [9.17, 15) is 4.57 Å². The molecule has 1 aromatic carbocycles. The van der Waals surface area contributed by atoms with Crippen LogP contribution >= 0.6 is 20.5 Å². The highest BCUT2D eigenvalue weighted by Crippen LogP contribution is 2.50. The fourth-order valence-corrected chi connectivity index (χ4v) is 2.04. The van der Waals surface area contributed by atoms with Gasteiger partial charge < -0.3 is 9.26 Å². The smallest absolute Gasteiger partial charge is 0.493 e. The first-order valence-corrected chi connectivity index (χ1v) is 6.86. The van der Waals surface area contributed by atoms with Crippen LogP contribution in [-0.2, 0) is 19.4 Å². The van der Waals surface area contributed by atoms with E-state index in [0.717, 1.165) is 5.56 Å². The minimum absolute atomic E-state index is 0.297. The third-order valence-corrected chi connectivity index (χ3v) is 3.75. The monoisotopic (exact) mass is 278 g/mol. The van der Waals surface area contributed by atoms with Crippen molar-refractivity contribution >= 4 is 20.5 Å². The molecule has 96 valence electrons. The van der Waals surface area contributed by atoms with Crippen molar-refractivity contribution in [2.24, 2.45) is 0 Å². The quantitative estimate of drug-likeness (QED) is 0.640. The molecule has 0 aliphatic carbocycles. The number of ether oxygens (including phenoxy) is 1. The van der Waals surface area contributed by atoms with Crippen LogP contribution in [0.1, 0.15) is 5.56 Å². The van der Waals surface area contributed by atoms with Crippen molar-refractivity contribution in [2.45, 2.75) is 5.75 Å². The van der Waals surface area contributed by atoms with Crippen LogP contribution in [0.2, 0.25) is 0 Å². The van der Waals surface area contributed by atoms with Gasteiger partial charge in [0.1, 0.15) is 0 Å².